The van der Waals surface area contributed by atoms with Crippen LogP contribution < -0.4 is 5.32 Å². The van der Waals surface area contributed by atoms with Gasteiger partial charge in [-0.1, -0.05) is 26.0 Å². The maximum Gasteiger partial charge on any atom is 0.341 e. The normalized spacial score (nSPS) is 10.7. The number of carbonyl (C=O) groups is 2. The molecule has 122 valence electrons. The van der Waals surface area contributed by atoms with Gasteiger partial charge in [0.2, 0.25) is 5.91 Å². The molecule has 1 amide bonds. The van der Waals surface area contributed by atoms with Gasteiger partial charge in [-0.05, 0) is 24.6 Å². The Balaban J connectivity index is 2.46. The Labute approximate surface area is 138 Å². The summed E-state index contributed by atoms with van der Waals surface area (Å²) in [6, 6.07) is 5.84. The number of hydrogen-bond acceptors (Lipinski definition) is 4. The van der Waals surface area contributed by atoms with Crippen molar-refractivity contribution in [3.63, 3.8) is 0 Å². The standard InChI is InChI=1S/C17H18FNO3S/c1-4-22-17(21)14-13(11-5-7-12(18)8-6-11)9-23-16(14)19-15(20)10(2)3/h5-10H,4H2,1-3H3,(H,19,20). The fourth-order valence-corrected chi connectivity index (χ4v) is 2.91. The van der Waals surface area contributed by atoms with Crippen molar-refractivity contribution < 1.29 is 18.7 Å². The van der Waals surface area contributed by atoms with E-state index in [1.54, 1.807) is 38.3 Å². The van der Waals surface area contributed by atoms with E-state index in [9.17, 15) is 14.0 Å². The van der Waals surface area contributed by atoms with E-state index in [-0.39, 0.29) is 24.2 Å². The van der Waals surface area contributed by atoms with Crippen LogP contribution in [0.2, 0.25) is 0 Å². The molecule has 0 aliphatic heterocycles. The number of halogens is 1. The summed E-state index contributed by atoms with van der Waals surface area (Å²) in [4.78, 5) is 24.2. The van der Waals surface area contributed by atoms with Crippen molar-refractivity contribution in [2.24, 2.45) is 5.92 Å². The number of benzene rings is 1. The molecular formula is C17H18FNO3S. The van der Waals surface area contributed by atoms with Gasteiger partial charge in [-0.3, -0.25) is 4.79 Å². The number of rotatable bonds is 5. The Kier molecular flexibility index (Phi) is 5.50. The van der Waals surface area contributed by atoms with Gasteiger partial charge in [0.15, 0.2) is 0 Å². The van der Waals surface area contributed by atoms with Gasteiger partial charge in [0.05, 0.1) is 6.61 Å². The van der Waals surface area contributed by atoms with Gasteiger partial charge in [0.1, 0.15) is 16.4 Å². The van der Waals surface area contributed by atoms with Gasteiger partial charge in [-0.25, -0.2) is 9.18 Å². The van der Waals surface area contributed by atoms with Crippen molar-refractivity contribution >= 4 is 28.2 Å². The third-order valence-corrected chi connectivity index (χ3v) is 4.08. The summed E-state index contributed by atoms with van der Waals surface area (Å²) in [7, 11) is 0. The summed E-state index contributed by atoms with van der Waals surface area (Å²) < 4.78 is 18.2. The van der Waals surface area contributed by atoms with E-state index in [4.69, 9.17) is 4.74 Å². The highest BCUT2D eigenvalue weighted by atomic mass is 32.1. The van der Waals surface area contributed by atoms with E-state index in [0.29, 0.717) is 21.7 Å². The first-order valence-corrected chi connectivity index (χ1v) is 8.17. The minimum Gasteiger partial charge on any atom is -0.462 e. The lowest BCUT2D eigenvalue weighted by Crippen LogP contribution is -2.19. The molecule has 1 heterocycles. The van der Waals surface area contributed by atoms with Crippen LogP contribution in [0, 0.1) is 11.7 Å². The first kappa shape index (κ1) is 17.1. The zero-order valence-corrected chi connectivity index (χ0v) is 14.0. The monoisotopic (exact) mass is 335 g/mol. The second kappa shape index (κ2) is 7.37. The van der Waals surface area contributed by atoms with Crippen LogP contribution in [0.4, 0.5) is 9.39 Å². The van der Waals surface area contributed by atoms with Crippen molar-refractivity contribution in [3.05, 3.63) is 41.0 Å². The van der Waals surface area contributed by atoms with E-state index < -0.39 is 5.97 Å². The predicted octanol–water partition coefficient (Wildman–Crippen LogP) is 4.33. The minimum absolute atomic E-state index is 0.178. The molecule has 0 fully saturated rings. The lowest BCUT2D eigenvalue weighted by Gasteiger charge is -2.10. The second-order valence-electron chi connectivity index (χ2n) is 5.22. The highest BCUT2D eigenvalue weighted by Gasteiger charge is 2.23. The van der Waals surface area contributed by atoms with Crippen LogP contribution in [0.5, 0.6) is 0 Å². The Morgan fingerprint density at radius 2 is 1.91 bits per heavy atom. The van der Waals surface area contributed by atoms with Crippen molar-refractivity contribution in [1.29, 1.82) is 0 Å². The Morgan fingerprint density at radius 1 is 1.26 bits per heavy atom. The van der Waals surface area contributed by atoms with E-state index in [1.165, 1.54) is 23.5 Å². The molecule has 0 spiro atoms. The first-order valence-electron chi connectivity index (χ1n) is 7.29. The van der Waals surface area contributed by atoms with Crippen LogP contribution in [-0.4, -0.2) is 18.5 Å². The number of amides is 1. The summed E-state index contributed by atoms with van der Waals surface area (Å²) in [6.07, 6.45) is 0. The smallest absolute Gasteiger partial charge is 0.341 e. The maximum atomic E-state index is 13.1. The van der Waals surface area contributed by atoms with Crippen molar-refractivity contribution in [2.75, 3.05) is 11.9 Å². The number of ether oxygens (including phenoxy) is 1. The number of nitrogens with one attached hydrogen (secondary N) is 1. The van der Waals surface area contributed by atoms with E-state index in [1.807, 2.05) is 0 Å². The number of esters is 1. The number of carbonyl (C=O) groups excluding carboxylic acids is 2. The van der Waals surface area contributed by atoms with Crippen LogP contribution in [-0.2, 0) is 9.53 Å². The third-order valence-electron chi connectivity index (χ3n) is 3.19. The van der Waals surface area contributed by atoms with Crippen LogP contribution in [0.25, 0.3) is 11.1 Å². The van der Waals surface area contributed by atoms with Crippen LogP contribution in [0.1, 0.15) is 31.1 Å². The Morgan fingerprint density at radius 3 is 2.48 bits per heavy atom. The first-order chi connectivity index (χ1) is 10.9. The molecule has 1 N–H and O–H groups in total. The average Bonchev–Trinajstić information content (AvgIpc) is 2.91. The molecule has 23 heavy (non-hydrogen) atoms. The fourth-order valence-electron chi connectivity index (χ4n) is 1.95. The van der Waals surface area contributed by atoms with Gasteiger partial charge >= 0.3 is 5.97 Å². The van der Waals surface area contributed by atoms with Crippen LogP contribution >= 0.6 is 11.3 Å². The average molecular weight is 335 g/mol. The molecule has 0 saturated carbocycles. The summed E-state index contributed by atoms with van der Waals surface area (Å²) in [5, 5.41) is 4.96. The predicted molar refractivity (Wildman–Crippen MR) is 89.1 cm³/mol. The fraction of sp³-hybridized carbons (Fsp3) is 0.294. The molecule has 0 saturated heterocycles. The summed E-state index contributed by atoms with van der Waals surface area (Å²) in [6.45, 7) is 5.49. The van der Waals surface area contributed by atoms with E-state index >= 15 is 0 Å². The van der Waals surface area contributed by atoms with Crippen LogP contribution in [0.15, 0.2) is 29.6 Å². The van der Waals surface area contributed by atoms with Gasteiger partial charge in [0.25, 0.3) is 0 Å². The molecule has 0 atom stereocenters. The molecular weight excluding hydrogens is 317 g/mol. The molecule has 0 aliphatic rings. The molecule has 1 aromatic heterocycles. The van der Waals surface area contributed by atoms with E-state index in [0.717, 1.165) is 0 Å². The third kappa shape index (κ3) is 3.96. The second-order valence-corrected chi connectivity index (χ2v) is 6.10. The molecule has 0 unspecified atom stereocenters. The highest BCUT2D eigenvalue weighted by Crippen LogP contribution is 2.36. The van der Waals surface area contributed by atoms with Crippen molar-refractivity contribution in [1.82, 2.24) is 0 Å². The zero-order chi connectivity index (χ0) is 17.0. The van der Waals surface area contributed by atoms with Gasteiger partial charge < -0.3 is 10.1 Å². The molecule has 2 rings (SSSR count). The quantitative estimate of drug-likeness (QED) is 0.828. The summed E-state index contributed by atoms with van der Waals surface area (Å²) >= 11 is 1.25. The molecule has 0 bridgehead atoms. The topological polar surface area (TPSA) is 55.4 Å². The Bertz CT molecular complexity index is 707. The highest BCUT2D eigenvalue weighted by molar-refractivity contribution is 7.15. The Hall–Kier alpha value is -2.21. The molecule has 4 nitrogen and oxygen atoms in total. The lowest BCUT2D eigenvalue weighted by molar-refractivity contribution is -0.118. The maximum absolute atomic E-state index is 13.1. The lowest BCUT2D eigenvalue weighted by atomic mass is 10.0. The molecule has 0 radical (unpaired) electrons. The molecule has 2 aromatic rings. The van der Waals surface area contributed by atoms with Gasteiger partial charge in [-0.15, -0.1) is 11.3 Å². The van der Waals surface area contributed by atoms with Crippen LogP contribution in [0.3, 0.4) is 0 Å². The summed E-state index contributed by atoms with van der Waals surface area (Å²) in [5.74, 6) is -1.24. The molecule has 6 heteroatoms. The van der Waals surface area contributed by atoms with E-state index in [2.05, 4.69) is 5.32 Å². The van der Waals surface area contributed by atoms with Gasteiger partial charge in [-0.2, -0.15) is 0 Å². The number of hydrogen-bond donors (Lipinski definition) is 1. The molecule has 0 aliphatic carbocycles. The summed E-state index contributed by atoms with van der Waals surface area (Å²) in [5.41, 5.74) is 1.61. The SMILES string of the molecule is CCOC(=O)c1c(-c2ccc(F)cc2)csc1NC(=O)C(C)C. The number of anilines is 1. The number of thiophene rings is 1. The largest absolute Gasteiger partial charge is 0.462 e. The van der Waals surface area contributed by atoms with Crippen molar-refractivity contribution in [2.45, 2.75) is 20.8 Å². The molecule has 1 aromatic carbocycles. The van der Waals surface area contributed by atoms with Crippen molar-refractivity contribution in [3.8, 4) is 11.1 Å². The zero-order valence-electron chi connectivity index (χ0n) is 13.2. The van der Waals surface area contributed by atoms with Gasteiger partial charge in [0, 0.05) is 16.9 Å². The minimum atomic E-state index is -0.507.